The molecule has 0 spiro atoms. The van der Waals surface area contributed by atoms with Crippen LogP contribution < -0.4 is 5.32 Å². The molecule has 0 amide bonds. The Balaban J connectivity index is 1.88. The van der Waals surface area contributed by atoms with Crippen molar-refractivity contribution in [2.45, 2.75) is 44.7 Å². The van der Waals surface area contributed by atoms with E-state index >= 15 is 0 Å². The molecule has 2 rings (SSSR count). The molecular formula is C11H17N3. The van der Waals surface area contributed by atoms with E-state index in [-0.39, 0.29) is 0 Å². The van der Waals surface area contributed by atoms with Crippen LogP contribution in [-0.2, 0) is 6.54 Å². The normalized spacial score (nSPS) is 18.9. The van der Waals surface area contributed by atoms with E-state index in [4.69, 9.17) is 0 Å². The van der Waals surface area contributed by atoms with Gasteiger partial charge in [0.25, 0.3) is 0 Å². The monoisotopic (exact) mass is 191 g/mol. The average Bonchev–Trinajstić information content (AvgIpc) is 2.19. The Bertz CT molecular complexity index is 274. The summed E-state index contributed by atoms with van der Waals surface area (Å²) in [6.45, 7) is 3.05. The first kappa shape index (κ1) is 9.59. The second-order valence-corrected chi connectivity index (χ2v) is 4.01. The van der Waals surface area contributed by atoms with Crippen LogP contribution >= 0.6 is 0 Å². The van der Waals surface area contributed by atoms with Gasteiger partial charge in [-0.15, -0.1) is 0 Å². The summed E-state index contributed by atoms with van der Waals surface area (Å²) in [5.41, 5.74) is 0.388. The third kappa shape index (κ3) is 1.93. The van der Waals surface area contributed by atoms with E-state index < -0.39 is 0 Å². The molecule has 1 heterocycles. The predicted molar refractivity (Wildman–Crippen MR) is 55.7 cm³/mol. The van der Waals surface area contributed by atoms with Gasteiger partial charge in [-0.2, -0.15) is 0 Å². The maximum Gasteiger partial charge on any atom is 0.141 e. The second-order valence-electron chi connectivity index (χ2n) is 4.01. The van der Waals surface area contributed by atoms with Crippen molar-refractivity contribution in [1.29, 1.82) is 0 Å². The van der Waals surface area contributed by atoms with Crippen molar-refractivity contribution < 1.29 is 0 Å². The van der Waals surface area contributed by atoms with Gasteiger partial charge in [-0.25, -0.2) is 9.97 Å². The zero-order valence-corrected chi connectivity index (χ0v) is 8.66. The van der Waals surface area contributed by atoms with Crippen molar-refractivity contribution in [1.82, 2.24) is 15.3 Å². The van der Waals surface area contributed by atoms with Gasteiger partial charge in [0.15, 0.2) is 0 Å². The molecule has 3 nitrogen and oxygen atoms in total. The van der Waals surface area contributed by atoms with Crippen LogP contribution in [0.5, 0.6) is 0 Å². The van der Waals surface area contributed by atoms with Crippen molar-refractivity contribution in [3.8, 4) is 0 Å². The molecule has 0 aromatic carbocycles. The second kappa shape index (κ2) is 4.05. The smallest absolute Gasteiger partial charge is 0.141 e. The zero-order chi connectivity index (χ0) is 9.86. The van der Waals surface area contributed by atoms with Crippen LogP contribution in [0.3, 0.4) is 0 Å². The summed E-state index contributed by atoms with van der Waals surface area (Å²) in [5.74, 6) is 0.896. The molecule has 1 aliphatic carbocycles. The lowest BCUT2D eigenvalue weighted by atomic mass is 9.75. The van der Waals surface area contributed by atoms with Crippen LogP contribution in [0.15, 0.2) is 18.5 Å². The molecule has 1 N–H and O–H groups in total. The number of rotatable bonds is 4. The Hall–Kier alpha value is -0.960. The van der Waals surface area contributed by atoms with Gasteiger partial charge in [-0.05, 0) is 31.7 Å². The fraction of sp³-hybridized carbons (Fsp3) is 0.636. The number of nitrogens with one attached hydrogen (secondary N) is 1. The third-order valence-corrected chi connectivity index (χ3v) is 3.23. The van der Waals surface area contributed by atoms with Crippen LogP contribution in [-0.4, -0.2) is 15.5 Å². The molecule has 0 saturated heterocycles. The molecule has 14 heavy (non-hydrogen) atoms. The van der Waals surface area contributed by atoms with Crippen LogP contribution in [0.25, 0.3) is 0 Å². The quantitative estimate of drug-likeness (QED) is 0.790. The fourth-order valence-electron chi connectivity index (χ4n) is 1.95. The Kier molecular flexibility index (Phi) is 2.77. The molecule has 0 unspecified atom stereocenters. The van der Waals surface area contributed by atoms with Crippen molar-refractivity contribution in [2.75, 3.05) is 0 Å². The maximum absolute atomic E-state index is 4.20. The van der Waals surface area contributed by atoms with E-state index in [0.29, 0.717) is 5.54 Å². The minimum atomic E-state index is 0.388. The maximum atomic E-state index is 4.20. The molecule has 1 fully saturated rings. The number of aromatic nitrogens is 2. The summed E-state index contributed by atoms with van der Waals surface area (Å²) in [5, 5.41) is 3.57. The minimum absolute atomic E-state index is 0.388. The lowest BCUT2D eigenvalue weighted by molar-refractivity contribution is 0.174. The molecule has 1 aliphatic rings. The molecule has 1 saturated carbocycles. The van der Waals surface area contributed by atoms with Gasteiger partial charge in [-0.3, -0.25) is 0 Å². The van der Waals surface area contributed by atoms with Crippen molar-refractivity contribution in [3.05, 3.63) is 24.3 Å². The van der Waals surface area contributed by atoms with Gasteiger partial charge in [-0.1, -0.05) is 6.92 Å². The standard InChI is InChI=1S/C11H17N3/c1-2-11(5-3-6-11)14-9-10-12-7-4-8-13-10/h4,7-8,14H,2-3,5-6,9H2,1H3. The summed E-state index contributed by atoms with van der Waals surface area (Å²) in [7, 11) is 0. The van der Waals surface area contributed by atoms with E-state index in [1.165, 1.54) is 25.7 Å². The van der Waals surface area contributed by atoms with Crippen LogP contribution in [0.1, 0.15) is 38.4 Å². The van der Waals surface area contributed by atoms with E-state index in [0.717, 1.165) is 12.4 Å². The highest BCUT2D eigenvalue weighted by Gasteiger charge is 2.34. The van der Waals surface area contributed by atoms with Crippen molar-refractivity contribution in [3.63, 3.8) is 0 Å². The van der Waals surface area contributed by atoms with Crippen molar-refractivity contribution in [2.24, 2.45) is 0 Å². The molecular weight excluding hydrogens is 174 g/mol. The summed E-state index contributed by atoms with van der Waals surface area (Å²) in [6, 6.07) is 1.85. The molecule has 3 heteroatoms. The van der Waals surface area contributed by atoms with Gasteiger partial charge < -0.3 is 5.32 Å². The molecule has 0 bridgehead atoms. The van der Waals surface area contributed by atoms with Gasteiger partial charge in [0.1, 0.15) is 5.82 Å². The largest absolute Gasteiger partial charge is 0.304 e. The Morgan fingerprint density at radius 2 is 2.07 bits per heavy atom. The number of hydrogen-bond acceptors (Lipinski definition) is 3. The average molecular weight is 191 g/mol. The SMILES string of the molecule is CCC1(NCc2ncccn2)CCC1. The lowest BCUT2D eigenvalue weighted by Gasteiger charge is -2.42. The molecule has 0 radical (unpaired) electrons. The number of nitrogens with zero attached hydrogens (tertiary/aromatic N) is 2. The Morgan fingerprint density at radius 1 is 1.36 bits per heavy atom. The van der Waals surface area contributed by atoms with E-state index in [2.05, 4.69) is 22.2 Å². The van der Waals surface area contributed by atoms with E-state index in [1.807, 2.05) is 6.07 Å². The van der Waals surface area contributed by atoms with E-state index in [1.54, 1.807) is 12.4 Å². The highest BCUT2D eigenvalue weighted by Crippen LogP contribution is 2.34. The van der Waals surface area contributed by atoms with Crippen molar-refractivity contribution >= 4 is 0 Å². The third-order valence-electron chi connectivity index (χ3n) is 3.23. The van der Waals surface area contributed by atoms with Gasteiger partial charge in [0, 0.05) is 17.9 Å². The molecule has 0 aliphatic heterocycles. The highest BCUT2D eigenvalue weighted by molar-refractivity contribution is 4.97. The van der Waals surface area contributed by atoms with Crippen LogP contribution in [0, 0.1) is 0 Å². The first-order valence-corrected chi connectivity index (χ1v) is 5.36. The minimum Gasteiger partial charge on any atom is -0.304 e. The van der Waals surface area contributed by atoms with Crippen LogP contribution in [0.4, 0.5) is 0 Å². The molecule has 1 aromatic heterocycles. The summed E-state index contributed by atoms with van der Waals surface area (Å²) < 4.78 is 0. The highest BCUT2D eigenvalue weighted by atomic mass is 15.0. The molecule has 76 valence electrons. The van der Waals surface area contributed by atoms with E-state index in [9.17, 15) is 0 Å². The summed E-state index contributed by atoms with van der Waals surface area (Å²) in [4.78, 5) is 8.40. The first-order chi connectivity index (χ1) is 6.85. The summed E-state index contributed by atoms with van der Waals surface area (Å²) >= 11 is 0. The topological polar surface area (TPSA) is 37.8 Å². The predicted octanol–water partition coefficient (Wildman–Crippen LogP) is 1.90. The first-order valence-electron chi connectivity index (χ1n) is 5.36. The van der Waals surface area contributed by atoms with Crippen LogP contribution in [0.2, 0.25) is 0 Å². The van der Waals surface area contributed by atoms with Gasteiger partial charge in [0.05, 0.1) is 6.54 Å². The summed E-state index contributed by atoms with van der Waals surface area (Å²) in [6.07, 6.45) is 8.76. The molecule has 0 atom stereocenters. The van der Waals surface area contributed by atoms with Gasteiger partial charge in [0.2, 0.25) is 0 Å². The molecule has 1 aromatic rings. The zero-order valence-electron chi connectivity index (χ0n) is 8.66. The Morgan fingerprint density at radius 3 is 2.57 bits per heavy atom. The fourth-order valence-corrected chi connectivity index (χ4v) is 1.95. The Labute approximate surface area is 85.0 Å². The van der Waals surface area contributed by atoms with Gasteiger partial charge >= 0.3 is 0 Å². The number of hydrogen-bond donors (Lipinski definition) is 1. The lowest BCUT2D eigenvalue weighted by Crippen LogP contribution is -2.50.